The van der Waals surface area contributed by atoms with E-state index in [1.807, 2.05) is 32.3 Å². The normalized spacial score (nSPS) is 17.5. The zero-order valence-electron chi connectivity index (χ0n) is 21.1. The van der Waals surface area contributed by atoms with Crippen molar-refractivity contribution < 1.29 is 5.11 Å². The van der Waals surface area contributed by atoms with Crippen LogP contribution in [0.15, 0.2) is 42.9 Å². The SMILES string of the molecule is CN(c1ncc(-c2ccc(-c3cnc4cnn(C)c4c3)cc2O)nn1)C1CC(C)(C)NC(C)(C)C1. The molecule has 0 amide bonds. The Balaban J connectivity index is 1.37. The summed E-state index contributed by atoms with van der Waals surface area (Å²) in [6.07, 6.45) is 7.17. The number of hydrogen-bond donors (Lipinski definition) is 2. The Morgan fingerprint density at radius 1 is 0.971 bits per heavy atom. The Hall–Kier alpha value is -3.59. The van der Waals surface area contributed by atoms with Crippen LogP contribution in [0, 0.1) is 0 Å². The number of pyridine rings is 1. The average molecular weight is 473 g/mol. The highest BCUT2D eigenvalue weighted by molar-refractivity contribution is 5.81. The highest BCUT2D eigenvalue weighted by atomic mass is 16.3. The number of aromatic hydroxyl groups is 1. The Morgan fingerprint density at radius 2 is 1.71 bits per heavy atom. The first kappa shape index (κ1) is 23.2. The molecule has 0 aliphatic carbocycles. The number of aryl methyl sites for hydroxylation is 1. The van der Waals surface area contributed by atoms with Crippen LogP contribution in [0.2, 0.25) is 0 Å². The van der Waals surface area contributed by atoms with Crippen molar-refractivity contribution >= 4 is 17.0 Å². The zero-order valence-corrected chi connectivity index (χ0v) is 21.1. The van der Waals surface area contributed by atoms with E-state index in [1.165, 1.54) is 0 Å². The third-order valence-corrected chi connectivity index (χ3v) is 6.79. The second-order valence-electron chi connectivity index (χ2n) is 10.8. The van der Waals surface area contributed by atoms with Crippen LogP contribution in [0.3, 0.4) is 0 Å². The number of anilines is 1. The molecular weight excluding hydrogens is 440 g/mol. The number of benzene rings is 1. The Bertz CT molecular complexity index is 1360. The quantitative estimate of drug-likeness (QED) is 0.460. The van der Waals surface area contributed by atoms with Crippen molar-refractivity contribution in [2.45, 2.75) is 57.7 Å². The zero-order chi connectivity index (χ0) is 25.0. The molecule has 1 saturated heterocycles. The van der Waals surface area contributed by atoms with Gasteiger partial charge in [0, 0.05) is 48.5 Å². The summed E-state index contributed by atoms with van der Waals surface area (Å²) in [5.41, 5.74) is 4.68. The monoisotopic (exact) mass is 472 g/mol. The van der Waals surface area contributed by atoms with Crippen molar-refractivity contribution in [1.82, 2.24) is 35.3 Å². The molecule has 4 aromatic rings. The number of phenols is 1. The molecule has 0 atom stereocenters. The number of rotatable bonds is 4. The van der Waals surface area contributed by atoms with E-state index in [0.717, 1.165) is 35.0 Å². The van der Waals surface area contributed by atoms with Gasteiger partial charge in [-0.3, -0.25) is 9.67 Å². The van der Waals surface area contributed by atoms with Gasteiger partial charge in [-0.25, -0.2) is 4.98 Å². The molecule has 35 heavy (non-hydrogen) atoms. The molecule has 9 nitrogen and oxygen atoms in total. The number of phenolic OH excluding ortho intramolecular Hbond substituents is 1. The van der Waals surface area contributed by atoms with Gasteiger partial charge in [0.2, 0.25) is 5.95 Å². The minimum Gasteiger partial charge on any atom is -0.507 e. The second kappa shape index (κ2) is 8.27. The molecule has 3 aromatic heterocycles. The summed E-state index contributed by atoms with van der Waals surface area (Å²) in [5, 5.41) is 27.5. The smallest absolute Gasteiger partial charge is 0.245 e. The van der Waals surface area contributed by atoms with Crippen molar-refractivity contribution in [2.75, 3.05) is 11.9 Å². The van der Waals surface area contributed by atoms with Crippen molar-refractivity contribution in [1.29, 1.82) is 0 Å². The lowest BCUT2D eigenvalue weighted by molar-refractivity contribution is 0.160. The number of hydrogen-bond acceptors (Lipinski definition) is 8. The molecule has 9 heteroatoms. The van der Waals surface area contributed by atoms with Gasteiger partial charge in [-0.05, 0) is 64.3 Å². The molecule has 0 spiro atoms. The molecule has 0 unspecified atom stereocenters. The average Bonchev–Trinajstić information content (AvgIpc) is 3.17. The van der Waals surface area contributed by atoms with Crippen LogP contribution in [0.1, 0.15) is 40.5 Å². The molecule has 182 valence electrons. The van der Waals surface area contributed by atoms with Crippen molar-refractivity contribution in [3.63, 3.8) is 0 Å². The summed E-state index contributed by atoms with van der Waals surface area (Å²) in [5.74, 6) is 0.700. The number of fused-ring (bicyclic) bond motifs is 1. The van der Waals surface area contributed by atoms with E-state index in [-0.39, 0.29) is 16.8 Å². The number of aromatic nitrogens is 6. The standard InChI is InChI=1S/C26H32N8O/c1-25(2)11-18(12-26(3,4)32-25)33(5)24-28-14-20(30-31-24)19-8-7-16(10-23(19)35)17-9-22-21(27-13-17)15-29-34(22)6/h7-10,13-15,18,32,35H,11-12H2,1-6H3. The van der Waals surface area contributed by atoms with Crippen LogP contribution in [-0.2, 0) is 7.05 Å². The van der Waals surface area contributed by atoms with Gasteiger partial charge in [-0.1, -0.05) is 6.07 Å². The van der Waals surface area contributed by atoms with Gasteiger partial charge in [0.1, 0.15) is 17.0 Å². The fourth-order valence-electron chi connectivity index (χ4n) is 5.37. The molecule has 5 rings (SSSR count). The maximum atomic E-state index is 10.8. The summed E-state index contributed by atoms with van der Waals surface area (Å²) in [4.78, 5) is 11.2. The molecule has 1 fully saturated rings. The van der Waals surface area contributed by atoms with E-state index in [0.29, 0.717) is 23.2 Å². The summed E-state index contributed by atoms with van der Waals surface area (Å²) in [6, 6.07) is 7.81. The van der Waals surface area contributed by atoms with Crippen LogP contribution in [0.4, 0.5) is 5.95 Å². The molecule has 0 bridgehead atoms. The second-order valence-corrected chi connectivity index (χ2v) is 10.8. The lowest BCUT2D eigenvalue weighted by Crippen LogP contribution is -2.62. The fourth-order valence-corrected chi connectivity index (χ4v) is 5.37. The predicted molar refractivity (Wildman–Crippen MR) is 137 cm³/mol. The maximum absolute atomic E-state index is 10.8. The highest BCUT2D eigenvalue weighted by Crippen LogP contribution is 2.34. The minimum absolute atomic E-state index is 0.0262. The first-order chi connectivity index (χ1) is 16.5. The summed E-state index contributed by atoms with van der Waals surface area (Å²) in [6.45, 7) is 8.92. The molecule has 1 aliphatic rings. The van der Waals surface area contributed by atoms with Crippen molar-refractivity contribution in [3.8, 4) is 28.1 Å². The third-order valence-electron chi connectivity index (χ3n) is 6.79. The molecule has 0 radical (unpaired) electrons. The predicted octanol–water partition coefficient (Wildman–Crippen LogP) is 3.94. The first-order valence-corrected chi connectivity index (χ1v) is 11.8. The molecular formula is C26H32N8O. The van der Waals surface area contributed by atoms with Gasteiger partial charge in [0.15, 0.2) is 0 Å². The summed E-state index contributed by atoms with van der Waals surface area (Å²) < 4.78 is 1.78. The fraction of sp³-hybridized carbons (Fsp3) is 0.423. The van der Waals surface area contributed by atoms with Crippen molar-refractivity contribution in [3.05, 3.63) is 42.9 Å². The minimum atomic E-state index is 0.0262. The van der Waals surface area contributed by atoms with Crippen LogP contribution in [0.25, 0.3) is 33.4 Å². The lowest BCUT2D eigenvalue weighted by Gasteiger charge is -2.48. The largest absolute Gasteiger partial charge is 0.507 e. The van der Waals surface area contributed by atoms with Gasteiger partial charge in [0.05, 0.1) is 17.9 Å². The molecule has 0 saturated carbocycles. The van der Waals surface area contributed by atoms with E-state index in [2.05, 4.69) is 63.2 Å². The maximum Gasteiger partial charge on any atom is 0.245 e. The lowest BCUT2D eigenvalue weighted by atomic mass is 9.79. The molecule has 4 heterocycles. The number of nitrogens with one attached hydrogen (secondary N) is 1. The Labute approximate surface area is 205 Å². The molecule has 1 aliphatic heterocycles. The van der Waals surface area contributed by atoms with Gasteiger partial charge in [-0.2, -0.15) is 5.10 Å². The molecule has 2 N–H and O–H groups in total. The topological polar surface area (TPSA) is 105 Å². The van der Waals surface area contributed by atoms with E-state index in [4.69, 9.17) is 0 Å². The number of piperidine rings is 1. The van der Waals surface area contributed by atoms with E-state index in [1.54, 1.807) is 29.3 Å². The van der Waals surface area contributed by atoms with E-state index >= 15 is 0 Å². The van der Waals surface area contributed by atoms with Gasteiger partial charge in [0.25, 0.3) is 0 Å². The first-order valence-electron chi connectivity index (χ1n) is 11.8. The van der Waals surface area contributed by atoms with Gasteiger partial charge >= 0.3 is 0 Å². The van der Waals surface area contributed by atoms with Crippen LogP contribution >= 0.6 is 0 Å². The van der Waals surface area contributed by atoms with Gasteiger partial charge in [-0.15, -0.1) is 10.2 Å². The van der Waals surface area contributed by atoms with Crippen LogP contribution in [0.5, 0.6) is 5.75 Å². The summed E-state index contributed by atoms with van der Waals surface area (Å²) in [7, 11) is 3.91. The van der Waals surface area contributed by atoms with E-state index < -0.39 is 0 Å². The van der Waals surface area contributed by atoms with Crippen LogP contribution in [-0.4, -0.2) is 59.2 Å². The Morgan fingerprint density at radius 3 is 2.37 bits per heavy atom. The van der Waals surface area contributed by atoms with Gasteiger partial charge < -0.3 is 15.3 Å². The summed E-state index contributed by atoms with van der Waals surface area (Å²) >= 11 is 0. The molecule has 1 aromatic carbocycles. The Kier molecular flexibility index (Phi) is 5.47. The number of nitrogens with zero attached hydrogens (tertiary/aromatic N) is 7. The van der Waals surface area contributed by atoms with Crippen LogP contribution < -0.4 is 10.2 Å². The third kappa shape index (κ3) is 4.55. The van der Waals surface area contributed by atoms with E-state index in [9.17, 15) is 5.11 Å². The highest BCUT2D eigenvalue weighted by Gasteiger charge is 2.39. The van der Waals surface area contributed by atoms with Crippen molar-refractivity contribution in [2.24, 2.45) is 7.05 Å².